The summed E-state index contributed by atoms with van der Waals surface area (Å²) in [6.45, 7) is 2.15. The number of nitrogens with one attached hydrogen (secondary N) is 2. The van der Waals surface area contributed by atoms with Crippen LogP contribution >= 0.6 is 0 Å². The molecule has 32 heavy (non-hydrogen) atoms. The molecule has 168 valence electrons. The van der Waals surface area contributed by atoms with Gasteiger partial charge in [0.1, 0.15) is 30.6 Å². The second kappa shape index (κ2) is 10.9. The SMILES string of the molecule is CNCC(O)COc1cccc(-c2nc(NC3CCOCC3)cc(-c3cncnc3)n2)c1. The van der Waals surface area contributed by atoms with E-state index in [-0.39, 0.29) is 6.61 Å². The van der Waals surface area contributed by atoms with Crippen LogP contribution < -0.4 is 15.4 Å². The first-order chi connectivity index (χ1) is 15.7. The smallest absolute Gasteiger partial charge is 0.162 e. The van der Waals surface area contributed by atoms with E-state index in [1.807, 2.05) is 30.3 Å². The molecule has 0 aliphatic carbocycles. The maximum absolute atomic E-state index is 9.91. The highest BCUT2D eigenvalue weighted by Crippen LogP contribution is 2.27. The summed E-state index contributed by atoms with van der Waals surface area (Å²) in [5, 5.41) is 16.4. The van der Waals surface area contributed by atoms with Gasteiger partial charge in [0, 0.05) is 55.4 Å². The van der Waals surface area contributed by atoms with Gasteiger partial charge in [-0.3, -0.25) is 0 Å². The zero-order valence-electron chi connectivity index (χ0n) is 18.1. The van der Waals surface area contributed by atoms with Gasteiger partial charge in [-0.1, -0.05) is 12.1 Å². The van der Waals surface area contributed by atoms with Crippen LogP contribution in [0.3, 0.4) is 0 Å². The number of rotatable bonds is 9. The van der Waals surface area contributed by atoms with E-state index in [1.165, 1.54) is 6.33 Å². The van der Waals surface area contributed by atoms with Crippen LogP contribution in [-0.4, -0.2) is 70.6 Å². The molecular weight excluding hydrogens is 408 g/mol. The minimum Gasteiger partial charge on any atom is -0.491 e. The number of anilines is 1. The number of benzene rings is 1. The van der Waals surface area contributed by atoms with Crippen LogP contribution in [0.4, 0.5) is 5.82 Å². The zero-order chi connectivity index (χ0) is 22.2. The summed E-state index contributed by atoms with van der Waals surface area (Å²) >= 11 is 0. The van der Waals surface area contributed by atoms with Crippen molar-refractivity contribution in [3.8, 4) is 28.4 Å². The highest BCUT2D eigenvalue weighted by molar-refractivity contribution is 5.67. The largest absolute Gasteiger partial charge is 0.491 e. The van der Waals surface area contributed by atoms with Crippen molar-refractivity contribution in [1.29, 1.82) is 0 Å². The molecule has 2 aromatic heterocycles. The number of nitrogens with zero attached hydrogens (tertiary/aromatic N) is 4. The lowest BCUT2D eigenvalue weighted by atomic mass is 10.1. The highest BCUT2D eigenvalue weighted by Gasteiger charge is 2.16. The van der Waals surface area contributed by atoms with E-state index in [4.69, 9.17) is 19.4 Å². The van der Waals surface area contributed by atoms with Gasteiger partial charge in [-0.15, -0.1) is 0 Å². The molecule has 1 aromatic carbocycles. The Balaban J connectivity index is 1.62. The maximum Gasteiger partial charge on any atom is 0.162 e. The van der Waals surface area contributed by atoms with Gasteiger partial charge in [-0.25, -0.2) is 19.9 Å². The minimum absolute atomic E-state index is 0.198. The summed E-state index contributed by atoms with van der Waals surface area (Å²) in [6.07, 6.45) is 6.25. The van der Waals surface area contributed by atoms with Gasteiger partial charge in [0.25, 0.3) is 0 Å². The van der Waals surface area contributed by atoms with Crippen molar-refractivity contribution in [2.75, 3.05) is 38.7 Å². The predicted molar refractivity (Wildman–Crippen MR) is 121 cm³/mol. The number of aliphatic hydroxyl groups excluding tert-OH is 1. The molecule has 9 nitrogen and oxygen atoms in total. The van der Waals surface area contributed by atoms with Crippen molar-refractivity contribution in [2.45, 2.75) is 25.0 Å². The number of aliphatic hydroxyl groups is 1. The molecule has 1 fully saturated rings. The molecule has 1 saturated heterocycles. The van der Waals surface area contributed by atoms with E-state index in [1.54, 1.807) is 19.4 Å². The van der Waals surface area contributed by atoms with E-state index >= 15 is 0 Å². The third-order valence-electron chi connectivity index (χ3n) is 5.13. The average molecular weight is 437 g/mol. The number of aromatic nitrogens is 4. The van der Waals surface area contributed by atoms with E-state index in [9.17, 15) is 5.11 Å². The van der Waals surface area contributed by atoms with E-state index in [0.717, 1.165) is 48.7 Å². The van der Waals surface area contributed by atoms with E-state index in [0.29, 0.717) is 24.2 Å². The van der Waals surface area contributed by atoms with Gasteiger partial charge in [0.05, 0.1) is 5.69 Å². The summed E-state index contributed by atoms with van der Waals surface area (Å²) in [7, 11) is 1.79. The van der Waals surface area contributed by atoms with Crippen LogP contribution in [0.5, 0.6) is 5.75 Å². The number of ether oxygens (including phenoxy) is 2. The first-order valence-electron chi connectivity index (χ1n) is 10.8. The Labute approximate surface area is 187 Å². The van der Waals surface area contributed by atoms with Gasteiger partial charge >= 0.3 is 0 Å². The van der Waals surface area contributed by atoms with Crippen LogP contribution in [-0.2, 0) is 4.74 Å². The fraction of sp³-hybridized carbons (Fsp3) is 0.391. The maximum atomic E-state index is 9.91. The molecule has 0 spiro atoms. The van der Waals surface area contributed by atoms with Crippen molar-refractivity contribution in [2.24, 2.45) is 0 Å². The Kier molecular flexibility index (Phi) is 7.55. The molecule has 0 radical (unpaired) electrons. The zero-order valence-corrected chi connectivity index (χ0v) is 18.1. The Bertz CT molecular complexity index is 998. The van der Waals surface area contributed by atoms with Crippen molar-refractivity contribution in [3.05, 3.63) is 49.1 Å². The standard InChI is InChI=1S/C23H28N6O3/c1-24-13-19(30)14-32-20-4-2-3-16(9-20)23-28-21(17-11-25-15-26-12-17)10-22(29-23)27-18-5-7-31-8-6-18/h2-4,9-12,15,18-19,24,30H,5-8,13-14H2,1H3,(H,27,28,29). The molecule has 9 heteroatoms. The molecule has 1 aliphatic rings. The molecule has 0 saturated carbocycles. The lowest BCUT2D eigenvalue weighted by Gasteiger charge is -2.24. The highest BCUT2D eigenvalue weighted by atomic mass is 16.5. The minimum atomic E-state index is -0.586. The molecule has 1 unspecified atom stereocenters. The first-order valence-corrected chi connectivity index (χ1v) is 10.8. The molecular formula is C23H28N6O3. The molecule has 3 heterocycles. The molecule has 1 atom stereocenters. The molecule has 4 rings (SSSR count). The first kappa shape index (κ1) is 22.1. The predicted octanol–water partition coefficient (Wildman–Crippen LogP) is 2.15. The van der Waals surface area contributed by atoms with Gasteiger partial charge in [-0.05, 0) is 32.0 Å². The van der Waals surface area contributed by atoms with Gasteiger partial charge in [0.15, 0.2) is 5.82 Å². The summed E-state index contributed by atoms with van der Waals surface area (Å²) in [5.41, 5.74) is 2.37. The lowest BCUT2D eigenvalue weighted by Crippen LogP contribution is -2.29. The van der Waals surface area contributed by atoms with E-state index in [2.05, 4.69) is 20.6 Å². The van der Waals surface area contributed by atoms with Crippen molar-refractivity contribution < 1.29 is 14.6 Å². The summed E-state index contributed by atoms with van der Waals surface area (Å²) < 4.78 is 11.2. The fourth-order valence-electron chi connectivity index (χ4n) is 3.49. The van der Waals surface area contributed by atoms with Crippen molar-refractivity contribution >= 4 is 5.82 Å². The van der Waals surface area contributed by atoms with Gasteiger partial charge in [0.2, 0.25) is 0 Å². The molecule has 0 bridgehead atoms. The molecule has 1 aliphatic heterocycles. The van der Waals surface area contributed by atoms with Crippen LogP contribution in [0, 0.1) is 0 Å². The second-order valence-corrected chi connectivity index (χ2v) is 7.67. The third-order valence-corrected chi connectivity index (χ3v) is 5.13. The fourth-order valence-corrected chi connectivity index (χ4v) is 3.49. The molecule has 3 aromatic rings. The third kappa shape index (κ3) is 5.97. The van der Waals surface area contributed by atoms with Crippen molar-refractivity contribution in [3.63, 3.8) is 0 Å². The molecule has 0 amide bonds. The summed E-state index contributed by atoms with van der Waals surface area (Å²) in [6, 6.07) is 9.79. The topological polar surface area (TPSA) is 114 Å². The number of hydrogen-bond acceptors (Lipinski definition) is 9. The van der Waals surface area contributed by atoms with Crippen LogP contribution in [0.1, 0.15) is 12.8 Å². The van der Waals surface area contributed by atoms with Gasteiger partial charge in [-0.2, -0.15) is 0 Å². The summed E-state index contributed by atoms with van der Waals surface area (Å²) in [4.78, 5) is 17.8. The second-order valence-electron chi connectivity index (χ2n) is 7.67. The average Bonchev–Trinajstić information content (AvgIpc) is 2.84. The number of likely N-dealkylation sites (N-methyl/N-ethyl adjacent to an activating group) is 1. The van der Waals surface area contributed by atoms with Crippen LogP contribution in [0.2, 0.25) is 0 Å². The Morgan fingerprint density at radius 1 is 1.12 bits per heavy atom. The Morgan fingerprint density at radius 2 is 1.94 bits per heavy atom. The quantitative estimate of drug-likeness (QED) is 0.464. The molecule has 3 N–H and O–H groups in total. The van der Waals surface area contributed by atoms with Crippen LogP contribution in [0.15, 0.2) is 49.1 Å². The normalized spacial score (nSPS) is 15.3. The lowest BCUT2D eigenvalue weighted by molar-refractivity contribution is 0.0904. The Hall–Kier alpha value is -3.14. The van der Waals surface area contributed by atoms with E-state index < -0.39 is 6.10 Å². The van der Waals surface area contributed by atoms with Gasteiger partial charge < -0.3 is 25.2 Å². The number of hydrogen-bond donors (Lipinski definition) is 3. The monoisotopic (exact) mass is 436 g/mol. The van der Waals surface area contributed by atoms with Crippen LogP contribution in [0.25, 0.3) is 22.6 Å². The van der Waals surface area contributed by atoms with Crippen molar-refractivity contribution in [1.82, 2.24) is 25.3 Å². The summed E-state index contributed by atoms with van der Waals surface area (Å²) in [5.74, 6) is 1.97. The Morgan fingerprint density at radius 3 is 2.72 bits per heavy atom.